The third-order valence-electron chi connectivity index (χ3n) is 7.69. The third kappa shape index (κ3) is 4.89. The Morgan fingerprint density at radius 3 is 2.50 bits per heavy atom. The Morgan fingerprint density at radius 1 is 0.971 bits per heavy atom. The zero-order valence-corrected chi connectivity index (χ0v) is 21.0. The number of likely N-dealkylation sites (tertiary alicyclic amines) is 1. The van der Waals surface area contributed by atoms with Crippen LogP contribution in [0.2, 0.25) is 0 Å². The smallest absolute Gasteiger partial charge is 0.255 e. The molecule has 3 heterocycles. The minimum absolute atomic E-state index is 0.00610. The summed E-state index contributed by atoms with van der Waals surface area (Å²) in [6.45, 7) is 8.03. The molecule has 0 spiro atoms. The highest BCUT2D eigenvalue weighted by Gasteiger charge is 2.52. The SMILES string of the molecule is CC(C)NC(=O)CSc1ccccc1C(=O)N1CC2CCC1C1CN(Cc3ccccc3)CC21. The molecule has 5 nitrogen and oxygen atoms in total. The lowest BCUT2D eigenvalue weighted by molar-refractivity contribution is -0.119. The van der Waals surface area contributed by atoms with E-state index in [1.54, 1.807) is 0 Å². The van der Waals surface area contributed by atoms with Crippen LogP contribution in [0, 0.1) is 17.8 Å². The second-order valence-electron chi connectivity index (χ2n) is 10.4. The zero-order chi connectivity index (χ0) is 23.7. The van der Waals surface area contributed by atoms with E-state index in [0.29, 0.717) is 29.5 Å². The van der Waals surface area contributed by atoms with Gasteiger partial charge in [-0.2, -0.15) is 0 Å². The van der Waals surface area contributed by atoms with Crippen LogP contribution < -0.4 is 5.32 Å². The van der Waals surface area contributed by atoms with Crippen molar-refractivity contribution in [2.45, 2.75) is 50.2 Å². The molecule has 1 N–H and O–H groups in total. The summed E-state index contributed by atoms with van der Waals surface area (Å²) in [6, 6.07) is 19.0. The van der Waals surface area contributed by atoms with Crippen LogP contribution in [-0.2, 0) is 11.3 Å². The first-order valence-electron chi connectivity index (χ1n) is 12.6. The minimum Gasteiger partial charge on any atom is -0.353 e. The van der Waals surface area contributed by atoms with Crippen molar-refractivity contribution in [1.29, 1.82) is 0 Å². The fourth-order valence-electron chi connectivity index (χ4n) is 6.30. The molecular weight excluding hydrogens is 442 g/mol. The number of nitrogens with one attached hydrogen (secondary N) is 1. The molecule has 0 radical (unpaired) electrons. The van der Waals surface area contributed by atoms with Crippen molar-refractivity contribution in [2.24, 2.45) is 17.8 Å². The van der Waals surface area contributed by atoms with Crippen molar-refractivity contribution in [1.82, 2.24) is 15.1 Å². The van der Waals surface area contributed by atoms with Crippen molar-refractivity contribution in [2.75, 3.05) is 25.4 Å². The average Bonchev–Trinajstić information content (AvgIpc) is 3.28. The molecule has 2 amide bonds. The first-order chi connectivity index (χ1) is 16.5. The van der Waals surface area contributed by atoms with Crippen LogP contribution in [0.5, 0.6) is 0 Å². The number of rotatable bonds is 7. The molecule has 4 fully saturated rings. The first kappa shape index (κ1) is 23.4. The summed E-state index contributed by atoms with van der Waals surface area (Å²) in [6.07, 6.45) is 2.35. The molecule has 2 aromatic carbocycles. The minimum atomic E-state index is 0.00610. The maximum Gasteiger partial charge on any atom is 0.255 e. The van der Waals surface area contributed by atoms with Gasteiger partial charge in [-0.25, -0.2) is 0 Å². The Labute approximate surface area is 207 Å². The van der Waals surface area contributed by atoms with Crippen LogP contribution in [0.15, 0.2) is 59.5 Å². The fourth-order valence-corrected chi connectivity index (χ4v) is 7.15. The van der Waals surface area contributed by atoms with Crippen LogP contribution >= 0.6 is 11.8 Å². The topological polar surface area (TPSA) is 52.7 Å². The van der Waals surface area contributed by atoms with E-state index in [0.717, 1.165) is 43.1 Å². The second kappa shape index (κ2) is 10.1. The molecule has 1 saturated carbocycles. The summed E-state index contributed by atoms with van der Waals surface area (Å²) < 4.78 is 0. The Balaban J connectivity index is 1.28. The number of carbonyl (C=O) groups excluding carboxylic acids is 2. The van der Waals surface area contributed by atoms with Gasteiger partial charge < -0.3 is 10.2 Å². The lowest BCUT2D eigenvalue weighted by atomic mass is 9.66. The predicted octanol–water partition coefficient (Wildman–Crippen LogP) is 4.29. The quantitative estimate of drug-likeness (QED) is 0.605. The van der Waals surface area contributed by atoms with Gasteiger partial charge >= 0.3 is 0 Å². The molecule has 34 heavy (non-hydrogen) atoms. The second-order valence-corrected chi connectivity index (χ2v) is 11.4. The van der Waals surface area contributed by atoms with Gasteiger partial charge in [-0.3, -0.25) is 14.5 Å². The van der Waals surface area contributed by atoms with Gasteiger partial charge in [-0.05, 0) is 62.1 Å². The highest BCUT2D eigenvalue weighted by molar-refractivity contribution is 8.00. The van der Waals surface area contributed by atoms with E-state index in [4.69, 9.17) is 0 Å². The molecule has 1 aliphatic carbocycles. The maximum absolute atomic E-state index is 13.8. The van der Waals surface area contributed by atoms with Crippen molar-refractivity contribution >= 4 is 23.6 Å². The number of piperidine rings is 2. The number of amides is 2. The molecule has 4 aliphatic rings. The van der Waals surface area contributed by atoms with Crippen molar-refractivity contribution in [3.05, 3.63) is 65.7 Å². The highest BCUT2D eigenvalue weighted by atomic mass is 32.2. The molecule has 0 aromatic heterocycles. The Morgan fingerprint density at radius 2 is 1.71 bits per heavy atom. The van der Waals surface area contributed by atoms with Gasteiger partial charge in [-0.15, -0.1) is 11.8 Å². The van der Waals surface area contributed by atoms with E-state index >= 15 is 0 Å². The lowest BCUT2D eigenvalue weighted by Gasteiger charge is -2.52. The first-order valence-corrected chi connectivity index (χ1v) is 13.6. The van der Waals surface area contributed by atoms with E-state index in [1.165, 1.54) is 23.7 Å². The predicted molar refractivity (Wildman–Crippen MR) is 137 cm³/mol. The summed E-state index contributed by atoms with van der Waals surface area (Å²) in [5, 5.41) is 2.93. The summed E-state index contributed by atoms with van der Waals surface area (Å²) in [5.74, 6) is 2.34. The number of fused-ring (bicyclic) bond motifs is 2. The van der Waals surface area contributed by atoms with Gasteiger partial charge in [0.15, 0.2) is 0 Å². The number of thioether (sulfide) groups is 1. The normalized spacial score (nSPS) is 26.0. The number of nitrogens with zero attached hydrogens (tertiary/aromatic N) is 2. The van der Waals surface area contributed by atoms with Gasteiger partial charge in [0, 0.05) is 43.2 Å². The van der Waals surface area contributed by atoms with Crippen molar-refractivity contribution in [3.63, 3.8) is 0 Å². The molecule has 3 aliphatic heterocycles. The summed E-state index contributed by atoms with van der Waals surface area (Å²) in [7, 11) is 0. The molecule has 4 atom stereocenters. The number of hydrogen-bond acceptors (Lipinski definition) is 4. The average molecular weight is 478 g/mol. The number of hydrogen-bond donors (Lipinski definition) is 1. The molecule has 180 valence electrons. The lowest BCUT2D eigenvalue weighted by Crippen LogP contribution is -2.59. The van der Waals surface area contributed by atoms with Gasteiger partial charge in [0.2, 0.25) is 5.91 Å². The Kier molecular flexibility index (Phi) is 6.98. The molecule has 2 aromatic rings. The highest BCUT2D eigenvalue weighted by Crippen LogP contribution is 2.48. The third-order valence-corrected chi connectivity index (χ3v) is 8.76. The van der Waals surface area contributed by atoms with Crippen LogP contribution in [0.4, 0.5) is 0 Å². The molecule has 6 heteroatoms. The standard InChI is InChI=1S/C28H35N3O2S/c1-19(2)29-27(32)18-34-26-11-7-6-10-22(26)28(33)31-15-21-12-13-25(31)24-17-30(16-23(21)24)14-20-8-4-3-5-9-20/h3-11,19,21,23-25H,12-18H2,1-2H3,(H,29,32). The van der Waals surface area contributed by atoms with E-state index < -0.39 is 0 Å². The van der Waals surface area contributed by atoms with E-state index in [-0.39, 0.29) is 17.9 Å². The van der Waals surface area contributed by atoms with E-state index in [9.17, 15) is 9.59 Å². The molecule has 2 bridgehead atoms. The fraction of sp³-hybridized carbons (Fsp3) is 0.500. The van der Waals surface area contributed by atoms with Gasteiger partial charge in [-0.1, -0.05) is 42.5 Å². The molecule has 6 rings (SSSR count). The Bertz CT molecular complexity index is 1030. The summed E-state index contributed by atoms with van der Waals surface area (Å²) in [5.41, 5.74) is 2.11. The zero-order valence-electron chi connectivity index (χ0n) is 20.2. The molecular formula is C28H35N3O2S. The number of benzene rings is 2. The van der Waals surface area contributed by atoms with Crippen LogP contribution in [-0.4, -0.2) is 59.1 Å². The van der Waals surface area contributed by atoms with Crippen LogP contribution in [0.25, 0.3) is 0 Å². The van der Waals surface area contributed by atoms with E-state index in [1.807, 2.05) is 38.1 Å². The molecule has 3 saturated heterocycles. The van der Waals surface area contributed by atoms with Crippen molar-refractivity contribution in [3.8, 4) is 0 Å². The molecule has 4 unspecified atom stereocenters. The number of carbonyl (C=O) groups is 2. The van der Waals surface area contributed by atoms with Gasteiger partial charge in [0.05, 0.1) is 11.3 Å². The van der Waals surface area contributed by atoms with E-state index in [2.05, 4.69) is 45.4 Å². The Hall–Kier alpha value is -2.31. The van der Waals surface area contributed by atoms with Gasteiger partial charge in [0.1, 0.15) is 0 Å². The summed E-state index contributed by atoms with van der Waals surface area (Å²) in [4.78, 5) is 31.6. The monoisotopic (exact) mass is 477 g/mol. The van der Waals surface area contributed by atoms with Crippen molar-refractivity contribution < 1.29 is 9.59 Å². The maximum atomic E-state index is 13.8. The van der Waals surface area contributed by atoms with Gasteiger partial charge in [0.25, 0.3) is 5.91 Å². The van der Waals surface area contributed by atoms with Crippen LogP contribution in [0.1, 0.15) is 42.6 Å². The van der Waals surface area contributed by atoms with Crippen LogP contribution in [0.3, 0.4) is 0 Å². The summed E-state index contributed by atoms with van der Waals surface area (Å²) >= 11 is 1.46. The largest absolute Gasteiger partial charge is 0.353 e.